The molecule has 0 atom stereocenters. The van der Waals surface area contributed by atoms with Gasteiger partial charge in [-0.15, -0.1) is 5.10 Å². The van der Waals surface area contributed by atoms with Gasteiger partial charge in [0.05, 0.1) is 12.0 Å². The van der Waals surface area contributed by atoms with Crippen molar-refractivity contribution in [2.24, 2.45) is 10.2 Å². The van der Waals surface area contributed by atoms with Gasteiger partial charge in [0.1, 0.15) is 0 Å². The lowest BCUT2D eigenvalue weighted by Gasteiger charge is -2.09. The Labute approximate surface area is 124 Å². The van der Waals surface area contributed by atoms with Crippen molar-refractivity contribution in [2.75, 3.05) is 5.75 Å². The van der Waals surface area contributed by atoms with E-state index < -0.39 is 0 Å². The van der Waals surface area contributed by atoms with Crippen LogP contribution in [0.4, 0.5) is 0 Å². The van der Waals surface area contributed by atoms with Gasteiger partial charge in [0.15, 0.2) is 5.17 Å². The Morgan fingerprint density at radius 1 is 1.47 bits per heavy atom. The van der Waals surface area contributed by atoms with Crippen molar-refractivity contribution >= 4 is 45.0 Å². The third kappa shape index (κ3) is 3.91. The van der Waals surface area contributed by atoms with Gasteiger partial charge in [-0.1, -0.05) is 47.6 Å². The van der Waals surface area contributed by atoms with Crippen LogP contribution in [0, 0.1) is 0 Å². The third-order valence-electron chi connectivity index (χ3n) is 2.60. The number of benzene rings is 1. The molecule has 0 aliphatic carbocycles. The van der Waals surface area contributed by atoms with Gasteiger partial charge < -0.3 is 5.32 Å². The lowest BCUT2D eigenvalue weighted by Crippen LogP contribution is -2.19. The molecule has 2 rings (SSSR count). The van der Waals surface area contributed by atoms with Crippen molar-refractivity contribution in [3.63, 3.8) is 0 Å². The average Bonchev–Trinajstić information content (AvgIpc) is 2.77. The maximum atomic E-state index is 11.0. The predicted molar refractivity (Wildman–Crippen MR) is 83.9 cm³/mol. The van der Waals surface area contributed by atoms with Crippen LogP contribution < -0.4 is 5.32 Å². The Bertz CT molecular complexity index is 555. The normalized spacial score (nSPS) is 17.7. The molecule has 0 unspecified atom stereocenters. The number of amides is 1. The molecule has 1 saturated heterocycles. The van der Waals surface area contributed by atoms with E-state index in [1.54, 1.807) is 6.21 Å². The zero-order valence-electron chi connectivity index (χ0n) is 10.7. The molecule has 1 amide bonds. The van der Waals surface area contributed by atoms with Crippen molar-refractivity contribution in [2.45, 2.75) is 19.8 Å². The van der Waals surface area contributed by atoms with Crippen LogP contribution in [0.15, 0.2) is 32.9 Å². The molecule has 0 spiro atoms. The van der Waals surface area contributed by atoms with Crippen molar-refractivity contribution < 1.29 is 4.79 Å². The molecule has 0 saturated carbocycles. The fourth-order valence-electron chi connectivity index (χ4n) is 1.69. The minimum absolute atomic E-state index is 0.0227. The molecule has 19 heavy (non-hydrogen) atoms. The van der Waals surface area contributed by atoms with Crippen LogP contribution in [0.5, 0.6) is 0 Å². The summed E-state index contributed by atoms with van der Waals surface area (Å²) in [5.41, 5.74) is 2.25. The lowest BCUT2D eigenvalue weighted by atomic mass is 9.98. The van der Waals surface area contributed by atoms with E-state index in [2.05, 4.69) is 51.4 Å². The van der Waals surface area contributed by atoms with E-state index in [9.17, 15) is 4.79 Å². The molecule has 0 radical (unpaired) electrons. The van der Waals surface area contributed by atoms with Gasteiger partial charge in [0.25, 0.3) is 0 Å². The smallest absolute Gasteiger partial charge is 0.236 e. The summed E-state index contributed by atoms with van der Waals surface area (Å²) in [5.74, 6) is 0.807. The number of hydrogen-bond donors (Lipinski definition) is 1. The Balaban J connectivity index is 2.17. The standard InChI is InChI=1S/C13H14BrN3OS/c1-8(2)11-5-10(14)4-3-9(11)6-15-17-13-16-12(18)7-19-13/h3-6,8H,7H2,1-2H3,(H,16,17,18). The summed E-state index contributed by atoms with van der Waals surface area (Å²) >= 11 is 4.84. The van der Waals surface area contributed by atoms with E-state index in [1.807, 2.05) is 12.1 Å². The van der Waals surface area contributed by atoms with Gasteiger partial charge in [-0.3, -0.25) is 4.79 Å². The van der Waals surface area contributed by atoms with E-state index in [4.69, 9.17) is 0 Å². The van der Waals surface area contributed by atoms with Gasteiger partial charge in [-0.05, 0) is 29.2 Å². The molecule has 0 bridgehead atoms. The van der Waals surface area contributed by atoms with Gasteiger partial charge >= 0.3 is 0 Å². The number of rotatable bonds is 3. The number of nitrogens with one attached hydrogen (secondary N) is 1. The van der Waals surface area contributed by atoms with Crippen molar-refractivity contribution in [3.8, 4) is 0 Å². The summed E-state index contributed by atoms with van der Waals surface area (Å²) in [4.78, 5) is 11.0. The molecule has 4 nitrogen and oxygen atoms in total. The molecule has 1 N–H and O–H groups in total. The maximum Gasteiger partial charge on any atom is 0.236 e. The minimum Gasteiger partial charge on any atom is -0.303 e. The second-order valence-electron chi connectivity index (χ2n) is 4.41. The van der Waals surface area contributed by atoms with Crippen LogP contribution in [0.2, 0.25) is 0 Å². The first kappa shape index (κ1) is 14.3. The first-order valence-electron chi connectivity index (χ1n) is 5.89. The van der Waals surface area contributed by atoms with E-state index in [0.29, 0.717) is 16.8 Å². The number of halogens is 1. The van der Waals surface area contributed by atoms with Crippen LogP contribution in [0.3, 0.4) is 0 Å². The molecular formula is C13H14BrN3OS. The summed E-state index contributed by atoms with van der Waals surface area (Å²) in [6.07, 6.45) is 1.72. The van der Waals surface area contributed by atoms with E-state index in [1.165, 1.54) is 17.3 Å². The number of nitrogens with zero attached hydrogens (tertiary/aromatic N) is 2. The molecule has 0 aromatic heterocycles. The molecule has 1 aliphatic heterocycles. The van der Waals surface area contributed by atoms with E-state index in [-0.39, 0.29) is 5.91 Å². The molecule has 1 aromatic carbocycles. The highest BCUT2D eigenvalue weighted by Crippen LogP contribution is 2.22. The fraction of sp³-hybridized carbons (Fsp3) is 0.308. The highest BCUT2D eigenvalue weighted by molar-refractivity contribution is 9.10. The second kappa shape index (κ2) is 6.34. The van der Waals surface area contributed by atoms with Gasteiger partial charge in [0, 0.05) is 4.47 Å². The van der Waals surface area contributed by atoms with Gasteiger partial charge in [0.2, 0.25) is 5.91 Å². The number of amidine groups is 1. The quantitative estimate of drug-likeness (QED) is 0.679. The molecular weight excluding hydrogens is 326 g/mol. The number of carbonyl (C=O) groups is 1. The molecule has 1 fully saturated rings. The summed E-state index contributed by atoms with van der Waals surface area (Å²) in [6.45, 7) is 4.27. The zero-order valence-corrected chi connectivity index (χ0v) is 13.1. The Morgan fingerprint density at radius 3 is 2.89 bits per heavy atom. The zero-order chi connectivity index (χ0) is 13.8. The maximum absolute atomic E-state index is 11.0. The minimum atomic E-state index is -0.0227. The Morgan fingerprint density at radius 2 is 2.26 bits per heavy atom. The van der Waals surface area contributed by atoms with Crippen LogP contribution in [-0.2, 0) is 4.79 Å². The SMILES string of the molecule is CC(C)c1cc(Br)ccc1C=NN=C1NC(=O)CS1. The second-order valence-corrected chi connectivity index (χ2v) is 6.29. The largest absolute Gasteiger partial charge is 0.303 e. The van der Waals surface area contributed by atoms with Crippen molar-refractivity contribution in [1.82, 2.24) is 5.32 Å². The predicted octanol–water partition coefficient (Wildman–Crippen LogP) is 3.13. The van der Waals surface area contributed by atoms with E-state index >= 15 is 0 Å². The van der Waals surface area contributed by atoms with Crippen LogP contribution in [-0.4, -0.2) is 23.0 Å². The highest BCUT2D eigenvalue weighted by Gasteiger charge is 2.15. The fourth-order valence-corrected chi connectivity index (χ4v) is 2.70. The van der Waals surface area contributed by atoms with Crippen LogP contribution in [0.1, 0.15) is 30.9 Å². The molecule has 6 heteroatoms. The summed E-state index contributed by atoms with van der Waals surface area (Å²) in [7, 11) is 0. The van der Waals surface area contributed by atoms with Crippen LogP contribution in [0.25, 0.3) is 0 Å². The first-order chi connectivity index (χ1) is 9.06. The Hall–Kier alpha value is -1.14. The monoisotopic (exact) mass is 339 g/mol. The Kier molecular flexibility index (Phi) is 4.76. The molecule has 100 valence electrons. The first-order valence-corrected chi connectivity index (χ1v) is 7.67. The third-order valence-corrected chi connectivity index (χ3v) is 3.96. The van der Waals surface area contributed by atoms with Gasteiger partial charge in [-0.25, -0.2) is 0 Å². The number of hydrogen-bond acceptors (Lipinski definition) is 4. The highest BCUT2D eigenvalue weighted by atomic mass is 79.9. The van der Waals surface area contributed by atoms with Crippen LogP contribution >= 0.6 is 27.7 Å². The van der Waals surface area contributed by atoms with Crippen molar-refractivity contribution in [1.29, 1.82) is 0 Å². The number of thioether (sulfide) groups is 1. The van der Waals surface area contributed by atoms with Gasteiger partial charge in [-0.2, -0.15) is 5.10 Å². The lowest BCUT2D eigenvalue weighted by molar-refractivity contribution is -0.116. The average molecular weight is 340 g/mol. The summed E-state index contributed by atoms with van der Waals surface area (Å²) in [5, 5.41) is 11.2. The molecule has 1 aromatic rings. The summed E-state index contributed by atoms with van der Waals surface area (Å²) in [6, 6.07) is 6.07. The number of carbonyl (C=O) groups excluding carboxylic acids is 1. The topological polar surface area (TPSA) is 53.8 Å². The molecule has 1 aliphatic rings. The summed E-state index contributed by atoms with van der Waals surface area (Å²) < 4.78 is 1.05. The molecule has 1 heterocycles. The van der Waals surface area contributed by atoms with E-state index in [0.717, 1.165) is 10.0 Å². The van der Waals surface area contributed by atoms with Crippen molar-refractivity contribution in [3.05, 3.63) is 33.8 Å².